The van der Waals surface area contributed by atoms with Gasteiger partial charge in [-0.25, -0.2) is 0 Å². The van der Waals surface area contributed by atoms with Crippen molar-refractivity contribution in [3.63, 3.8) is 0 Å². The van der Waals surface area contributed by atoms with Crippen LogP contribution >= 0.6 is 0 Å². The van der Waals surface area contributed by atoms with Crippen LogP contribution in [-0.2, 0) is 9.59 Å². The van der Waals surface area contributed by atoms with Crippen molar-refractivity contribution in [3.8, 4) is 6.07 Å². The Bertz CT molecular complexity index is 485. The maximum Gasteiger partial charge on any atom is 0.303 e. The van der Waals surface area contributed by atoms with Gasteiger partial charge < -0.3 is 15.7 Å². The van der Waals surface area contributed by atoms with E-state index < -0.39 is 11.9 Å². The molecule has 1 aliphatic carbocycles. The molecule has 0 aromatic heterocycles. The normalized spacial score (nSPS) is 18.0. The predicted molar refractivity (Wildman–Crippen MR) is 101 cm³/mol. The van der Waals surface area contributed by atoms with E-state index in [-0.39, 0.29) is 18.5 Å². The summed E-state index contributed by atoms with van der Waals surface area (Å²) in [6, 6.07) is 2.23. The summed E-state index contributed by atoms with van der Waals surface area (Å²) in [5.74, 6) is -1.34. The minimum Gasteiger partial charge on any atom is -0.481 e. The second-order valence-corrected chi connectivity index (χ2v) is 7.05. The number of carbonyl (C=O) groups excluding carboxylic acids is 1. The lowest BCUT2D eigenvalue weighted by molar-refractivity contribution is -0.137. The first kappa shape index (κ1) is 22.0. The second kappa shape index (κ2) is 14.2. The fraction of sp³-hybridized carbons (Fsp3) is 0.750. The highest BCUT2D eigenvalue weighted by molar-refractivity contribution is 5.97. The van der Waals surface area contributed by atoms with E-state index in [2.05, 4.69) is 10.6 Å². The fourth-order valence-electron chi connectivity index (χ4n) is 3.22. The molecule has 0 aromatic rings. The van der Waals surface area contributed by atoms with E-state index in [1.165, 1.54) is 64.0 Å². The molecule has 0 unspecified atom stereocenters. The molecule has 146 valence electrons. The van der Waals surface area contributed by atoms with Crippen molar-refractivity contribution < 1.29 is 14.7 Å². The Balaban J connectivity index is 2.45. The molecule has 0 heterocycles. The van der Waals surface area contributed by atoms with Crippen LogP contribution in [0.5, 0.6) is 0 Å². The van der Waals surface area contributed by atoms with Crippen molar-refractivity contribution in [2.24, 2.45) is 0 Å². The predicted octanol–water partition coefficient (Wildman–Crippen LogP) is 3.64. The van der Waals surface area contributed by atoms with E-state index >= 15 is 0 Å². The van der Waals surface area contributed by atoms with Gasteiger partial charge in [0.2, 0.25) is 0 Å². The zero-order chi connectivity index (χ0) is 19.0. The SMILES string of the molecule is N#C/C(=C/NC1CCCCCCCCCCC1)C(=O)NCCCC(=O)O. The molecule has 0 aromatic carbocycles. The van der Waals surface area contributed by atoms with Crippen molar-refractivity contribution in [1.29, 1.82) is 5.26 Å². The molecule has 0 aliphatic heterocycles. The number of nitriles is 1. The molecule has 1 rings (SSSR count). The third-order valence-corrected chi connectivity index (χ3v) is 4.79. The molecular formula is C20H33N3O3. The summed E-state index contributed by atoms with van der Waals surface area (Å²) in [6.07, 6.45) is 15.5. The first-order valence-corrected chi connectivity index (χ1v) is 10.00. The van der Waals surface area contributed by atoms with Gasteiger partial charge in [-0.1, -0.05) is 57.8 Å². The monoisotopic (exact) mass is 363 g/mol. The number of nitrogens with zero attached hydrogens (tertiary/aromatic N) is 1. The Kier molecular flexibility index (Phi) is 12.0. The Hall–Kier alpha value is -2.03. The van der Waals surface area contributed by atoms with Crippen molar-refractivity contribution in [1.82, 2.24) is 10.6 Å². The van der Waals surface area contributed by atoms with Crippen LogP contribution < -0.4 is 10.6 Å². The molecule has 1 aliphatic rings. The summed E-state index contributed by atoms with van der Waals surface area (Å²) in [6.45, 7) is 0.258. The molecular weight excluding hydrogens is 330 g/mol. The van der Waals surface area contributed by atoms with Gasteiger partial charge in [0.25, 0.3) is 5.91 Å². The lowest BCUT2D eigenvalue weighted by Crippen LogP contribution is -2.29. The van der Waals surface area contributed by atoms with Gasteiger partial charge in [0.1, 0.15) is 11.6 Å². The zero-order valence-electron chi connectivity index (χ0n) is 15.8. The molecule has 1 fully saturated rings. The highest BCUT2D eigenvalue weighted by atomic mass is 16.4. The molecule has 6 nitrogen and oxygen atoms in total. The fourth-order valence-corrected chi connectivity index (χ4v) is 3.22. The molecule has 1 saturated carbocycles. The average molecular weight is 364 g/mol. The van der Waals surface area contributed by atoms with Gasteiger partial charge in [0.05, 0.1) is 0 Å². The molecule has 0 bridgehead atoms. The molecule has 0 spiro atoms. The van der Waals surface area contributed by atoms with Gasteiger partial charge >= 0.3 is 5.97 Å². The highest BCUT2D eigenvalue weighted by Gasteiger charge is 2.12. The molecule has 3 N–H and O–H groups in total. The minimum atomic E-state index is -0.889. The van der Waals surface area contributed by atoms with Crippen LogP contribution in [0.15, 0.2) is 11.8 Å². The number of carbonyl (C=O) groups is 2. The van der Waals surface area contributed by atoms with Gasteiger partial charge in [-0.15, -0.1) is 0 Å². The molecule has 26 heavy (non-hydrogen) atoms. The van der Waals surface area contributed by atoms with Crippen molar-refractivity contribution in [3.05, 3.63) is 11.8 Å². The summed E-state index contributed by atoms with van der Waals surface area (Å²) >= 11 is 0. The lowest BCUT2D eigenvalue weighted by atomic mass is 9.98. The van der Waals surface area contributed by atoms with E-state index in [1.54, 1.807) is 0 Å². The van der Waals surface area contributed by atoms with Gasteiger partial charge in [0, 0.05) is 25.2 Å². The number of rotatable bonds is 7. The molecule has 0 saturated heterocycles. The van der Waals surface area contributed by atoms with E-state index in [4.69, 9.17) is 5.11 Å². The largest absolute Gasteiger partial charge is 0.481 e. The van der Waals surface area contributed by atoms with Crippen LogP contribution in [0.1, 0.15) is 83.5 Å². The smallest absolute Gasteiger partial charge is 0.303 e. The van der Waals surface area contributed by atoms with Crippen LogP contribution in [0.25, 0.3) is 0 Å². The lowest BCUT2D eigenvalue weighted by Gasteiger charge is -2.18. The number of carboxylic acids is 1. The summed E-state index contributed by atoms with van der Waals surface area (Å²) in [7, 11) is 0. The maximum atomic E-state index is 12.0. The number of amides is 1. The first-order chi connectivity index (χ1) is 12.6. The van der Waals surface area contributed by atoms with Crippen LogP contribution in [0, 0.1) is 11.3 Å². The van der Waals surface area contributed by atoms with Crippen LogP contribution in [0.4, 0.5) is 0 Å². The quantitative estimate of drug-likeness (QED) is 0.364. The van der Waals surface area contributed by atoms with E-state index in [0.717, 1.165) is 12.8 Å². The Morgan fingerprint density at radius 2 is 1.54 bits per heavy atom. The summed E-state index contributed by atoms with van der Waals surface area (Å²) in [5, 5.41) is 23.7. The van der Waals surface area contributed by atoms with Gasteiger partial charge in [-0.2, -0.15) is 5.26 Å². The number of carboxylic acid groups (broad SMARTS) is 1. The van der Waals surface area contributed by atoms with Crippen molar-refractivity contribution in [2.45, 2.75) is 89.5 Å². The van der Waals surface area contributed by atoms with Crippen LogP contribution in [0.3, 0.4) is 0 Å². The van der Waals surface area contributed by atoms with Gasteiger partial charge in [0.15, 0.2) is 0 Å². The van der Waals surface area contributed by atoms with E-state index in [9.17, 15) is 14.9 Å². The summed E-state index contributed by atoms with van der Waals surface area (Å²) < 4.78 is 0. The number of hydrogen-bond acceptors (Lipinski definition) is 4. The highest BCUT2D eigenvalue weighted by Crippen LogP contribution is 2.17. The van der Waals surface area contributed by atoms with Crippen molar-refractivity contribution in [2.75, 3.05) is 6.54 Å². The zero-order valence-corrected chi connectivity index (χ0v) is 15.8. The van der Waals surface area contributed by atoms with Crippen molar-refractivity contribution >= 4 is 11.9 Å². The number of nitrogens with one attached hydrogen (secondary N) is 2. The number of hydrogen-bond donors (Lipinski definition) is 3. The molecule has 0 radical (unpaired) electrons. The Labute approximate surface area is 157 Å². The summed E-state index contributed by atoms with van der Waals surface area (Å²) in [4.78, 5) is 22.5. The first-order valence-electron chi connectivity index (χ1n) is 10.00. The Morgan fingerprint density at radius 3 is 2.04 bits per heavy atom. The number of aliphatic carboxylic acids is 1. The average Bonchev–Trinajstić information content (AvgIpc) is 2.60. The van der Waals surface area contributed by atoms with Crippen LogP contribution in [0.2, 0.25) is 0 Å². The minimum absolute atomic E-state index is 0.00616. The standard InChI is InChI=1S/C20H33N3O3/c21-15-17(20(26)22-14-10-13-19(24)25)16-23-18-11-8-6-4-2-1-3-5-7-9-12-18/h16,18,23H,1-14H2,(H,22,26)(H,24,25)/b17-16-. The van der Waals surface area contributed by atoms with E-state index in [0.29, 0.717) is 12.5 Å². The van der Waals surface area contributed by atoms with Gasteiger partial charge in [-0.3, -0.25) is 9.59 Å². The Morgan fingerprint density at radius 1 is 1.00 bits per heavy atom. The second-order valence-electron chi connectivity index (χ2n) is 7.05. The third kappa shape index (κ3) is 10.8. The van der Waals surface area contributed by atoms with Crippen LogP contribution in [-0.4, -0.2) is 29.6 Å². The van der Waals surface area contributed by atoms with Gasteiger partial charge in [-0.05, 0) is 19.3 Å². The topological polar surface area (TPSA) is 102 Å². The van der Waals surface area contributed by atoms with E-state index in [1.807, 2.05) is 6.07 Å². The molecule has 6 heteroatoms. The molecule has 0 atom stereocenters. The summed E-state index contributed by atoms with van der Waals surface area (Å²) in [5.41, 5.74) is 0.0476. The maximum absolute atomic E-state index is 12.0. The third-order valence-electron chi connectivity index (χ3n) is 4.79. The molecule has 1 amide bonds.